The van der Waals surface area contributed by atoms with E-state index in [-0.39, 0.29) is 25.5 Å². The van der Waals surface area contributed by atoms with Crippen molar-refractivity contribution in [2.45, 2.75) is 32.9 Å². The lowest BCUT2D eigenvalue weighted by molar-refractivity contribution is -0.118. The van der Waals surface area contributed by atoms with Crippen LogP contribution >= 0.6 is 0 Å². The number of hydrogen-bond donors (Lipinski definition) is 3. The van der Waals surface area contributed by atoms with E-state index in [1.54, 1.807) is 12.1 Å². The van der Waals surface area contributed by atoms with Gasteiger partial charge in [-0.3, -0.25) is 14.4 Å². The van der Waals surface area contributed by atoms with Crippen LogP contribution in [0, 0.1) is 11.6 Å². The van der Waals surface area contributed by atoms with Crippen molar-refractivity contribution in [3.05, 3.63) is 59.9 Å². The first-order valence-corrected chi connectivity index (χ1v) is 13.3. The highest BCUT2D eigenvalue weighted by molar-refractivity contribution is 6.16. The second-order valence-electron chi connectivity index (χ2n) is 9.74. The fourth-order valence-electron chi connectivity index (χ4n) is 4.55. The summed E-state index contributed by atoms with van der Waals surface area (Å²) >= 11 is 0. The summed E-state index contributed by atoms with van der Waals surface area (Å²) in [6, 6.07) is 7.74. The monoisotopic (exact) mass is 571 g/mol. The molecule has 0 atom stereocenters. The highest BCUT2D eigenvalue weighted by Gasteiger charge is 2.29. The Morgan fingerprint density at radius 2 is 2.07 bits per heavy atom. The zero-order valence-corrected chi connectivity index (χ0v) is 23.3. The first kappa shape index (κ1) is 29.7. The molecule has 0 fully saturated rings. The molecule has 0 spiro atoms. The second-order valence-corrected chi connectivity index (χ2v) is 9.74. The molecule has 0 saturated heterocycles. The largest absolute Gasteiger partial charge is 0.493 e. The normalized spacial score (nSPS) is 14.0. The number of nitrogens with zero attached hydrogens (tertiary/aromatic N) is 5. The summed E-state index contributed by atoms with van der Waals surface area (Å²) < 4.78 is 42.2. The van der Waals surface area contributed by atoms with Gasteiger partial charge in [0.2, 0.25) is 5.91 Å². The third-order valence-corrected chi connectivity index (χ3v) is 6.59. The van der Waals surface area contributed by atoms with Crippen LogP contribution in [0.4, 0.5) is 25.8 Å². The summed E-state index contributed by atoms with van der Waals surface area (Å²) in [5.41, 5.74) is 6.86. The van der Waals surface area contributed by atoms with E-state index in [1.807, 2.05) is 0 Å². The number of hydrogen-bond acceptors (Lipinski definition) is 8. The Hall–Kier alpha value is -4.23. The van der Waals surface area contributed by atoms with E-state index in [9.17, 15) is 18.7 Å². The molecule has 1 amide bonds. The molecule has 0 bridgehead atoms. The number of carbonyl (C=O) groups is 1. The molecule has 0 aliphatic carbocycles. The fourth-order valence-corrected chi connectivity index (χ4v) is 4.55. The molecule has 0 radical (unpaired) electrons. The third kappa shape index (κ3) is 7.11. The van der Waals surface area contributed by atoms with Gasteiger partial charge in [0.25, 0.3) is 0 Å². The van der Waals surface area contributed by atoms with Crippen LogP contribution in [0.5, 0.6) is 11.5 Å². The van der Waals surface area contributed by atoms with E-state index in [0.717, 1.165) is 19.0 Å². The first-order chi connectivity index (χ1) is 19.7. The zero-order chi connectivity index (χ0) is 29.5. The van der Waals surface area contributed by atoms with Gasteiger partial charge >= 0.3 is 0 Å². The number of aliphatic imine (C=N–C) groups is 1. The van der Waals surface area contributed by atoms with Gasteiger partial charge in [0.15, 0.2) is 23.1 Å². The summed E-state index contributed by atoms with van der Waals surface area (Å²) in [4.78, 5) is 19.7. The molecule has 41 heavy (non-hydrogen) atoms. The third-order valence-electron chi connectivity index (χ3n) is 6.59. The maximum absolute atomic E-state index is 14.9. The standard InChI is InChI=1S/C28H35F2N7O4/c1-18(2)35(9-10-38)8-5-11-41-25-13-22-20(12-24(25)40-3)28(34-19-14-33-36(15-19)16-26(31)39)37(17-32-22)23-7-4-6-21(29)27(23)30/h4,6-7,12-15,18,32,38H,5,8-11,16-17H2,1-3H3,(H2,31,39). The minimum absolute atomic E-state index is 0.0108. The molecule has 4 rings (SSSR count). The smallest absolute Gasteiger partial charge is 0.239 e. The van der Waals surface area contributed by atoms with Crippen molar-refractivity contribution >= 4 is 28.8 Å². The van der Waals surface area contributed by atoms with E-state index >= 15 is 0 Å². The van der Waals surface area contributed by atoms with Gasteiger partial charge in [0, 0.05) is 30.8 Å². The molecule has 0 saturated carbocycles. The summed E-state index contributed by atoms with van der Waals surface area (Å²) in [5, 5.41) is 16.6. The minimum atomic E-state index is -1.02. The van der Waals surface area contributed by atoms with Crippen LogP contribution in [0.2, 0.25) is 0 Å². The lowest BCUT2D eigenvalue weighted by Crippen LogP contribution is -2.41. The van der Waals surface area contributed by atoms with E-state index < -0.39 is 17.5 Å². The summed E-state index contributed by atoms with van der Waals surface area (Å²) in [5.74, 6) is -1.32. The fraction of sp³-hybridized carbons (Fsp3) is 0.393. The molecule has 1 aliphatic heterocycles. The summed E-state index contributed by atoms with van der Waals surface area (Å²) in [6.07, 6.45) is 3.72. The van der Waals surface area contributed by atoms with Gasteiger partial charge in [0.05, 0.1) is 50.8 Å². The van der Waals surface area contributed by atoms with Crippen LogP contribution in [-0.2, 0) is 11.3 Å². The maximum atomic E-state index is 14.9. The number of amides is 1. The highest BCUT2D eigenvalue weighted by atomic mass is 19.2. The first-order valence-electron chi connectivity index (χ1n) is 13.3. The van der Waals surface area contributed by atoms with Gasteiger partial charge in [-0.15, -0.1) is 0 Å². The average molecular weight is 572 g/mol. The minimum Gasteiger partial charge on any atom is -0.493 e. The molecule has 0 unspecified atom stereocenters. The number of nitrogens with two attached hydrogens (primary N) is 1. The highest BCUT2D eigenvalue weighted by Crippen LogP contribution is 2.38. The molecular formula is C28H35F2N7O4. The Labute approximate surface area is 237 Å². The maximum Gasteiger partial charge on any atom is 0.239 e. The lowest BCUT2D eigenvalue weighted by Gasteiger charge is -2.33. The molecule has 1 aliphatic rings. The number of nitrogens with one attached hydrogen (secondary N) is 1. The van der Waals surface area contributed by atoms with Crippen molar-refractivity contribution in [2.24, 2.45) is 10.7 Å². The average Bonchev–Trinajstić information content (AvgIpc) is 3.37. The number of halogens is 2. The second kappa shape index (κ2) is 13.4. The van der Waals surface area contributed by atoms with Crippen molar-refractivity contribution in [2.75, 3.05) is 50.3 Å². The molecule has 1 aromatic heterocycles. The summed E-state index contributed by atoms with van der Waals surface area (Å²) in [7, 11) is 1.52. The van der Waals surface area contributed by atoms with E-state index in [0.29, 0.717) is 53.5 Å². The number of rotatable bonds is 13. The molecular weight excluding hydrogens is 536 g/mol. The van der Waals surface area contributed by atoms with Crippen LogP contribution in [-0.4, -0.2) is 77.7 Å². The Morgan fingerprint density at radius 1 is 1.27 bits per heavy atom. The Balaban J connectivity index is 1.67. The van der Waals surface area contributed by atoms with Crippen LogP contribution in [0.1, 0.15) is 25.8 Å². The van der Waals surface area contributed by atoms with E-state index in [1.165, 1.54) is 41.2 Å². The topological polar surface area (TPSA) is 130 Å². The Kier molecular flexibility index (Phi) is 9.73. The molecule has 2 aromatic carbocycles. The molecule has 4 N–H and O–H groups in total. The molecule has 11 nitrogen and oxygen atoms in total. The SMILES string of the molecule is COc1cc2c(cc1OCCCN(CCO)C(C)C)NCN(c1cccc(F)c1F)C2=Nc1cnn(CC(N)=O)c1. The number of benzene rings is 2. The number of carbonyl (C=O) groups excluding carboxylic acids is 1. The molecule has 220 valence electrons. The number of amidine groups is 1. The van der Waals surface area contributed by atoms with Crippen LogP contribution in [0.15, 0.2) is 47.7 Å². The van der Waals surface area contributed by atoms with E-state index in [2.05, 4.69) is 29.2 Å². The van der Waals surface area contributed by atoms with Gasteiger partial charge in [-0.25, -0.2) is 13.8 Å². The number of aromatic nitrogens is 2. The van der Waals surface area contributed by atoms with E-state index in [4.69, 9.17) is 20.2 Å². The van der Waals surface area contributed by atoms with Crippen molar-refractivity contribution in [3.63, 3.8) is 0 Å². The molecule has 13 heteroatoms. The lowest BCUT2D eigenvalue weighted by atomic mass is 10.1. The van der Waals surface area contributed by atoms with Crippen molar-refractivity contribution in [3.8, 4) is 11.5 Å². The number of aliphatic hydroxyl groups is 1. The number of primary amides is 1. The number of ether oxygens (including phenoxy) is 2. The number of anilines is 2. The zero-order valence-electron chi connectivity index (χ0n) is 23.3. The van der Waals surface area contributed by atoms with Crippen LogP contribution in [0.3, 0.4) is 0 Å². The van der Waals surface area contributed by atoms with Gasteiger partial charge in [0.1, 0.15) is 18.1 Å². The Morgan fingerprint density at radius 3 is 2.78 bits per heavy atom. The predicted octanol–water partition coefficient (Wildman–Crippen LogP) is 3.09. The van der Waals surface area contributed by atoms with Crippen LogP contribution < -0.4 is 25.4 Å². The number of methoxy groups -OCH3 is 1. The molecule has 2 heterocycles. The van der Waals surface area contributed by atoms with Gasteiger partial charge in [-0.05, 0) is 38.5 Å². The van der Waals surface area contributed by atoms with Crippen molar-refractivity contribution in [1.29, 1.82) is 0 Å². The number of aliphatic hydroxyl groups excluding tert-OH is 1. The van der Waals surface area contributed by atoms with Gasteiger partial charge in [-0.1, -0.05) is 6.07 Å². The van der Waals surface area contributed by atoms with Crippen molar-refractivity contribution in [1.82, 2.24) is 14.7 Å². The summed E-state index contributed by atoms with van der Waals surface area (Å²) in [6.45, 7) is 5.98. The van der Waals surface area contributed by atoms with Crippen LogP contribution in [0.25, 0.3) is 0 Å². The quantitative estimate of drug-likeness (QED) is 0.267. The molecule has 3 aromatic rings. The van der Waals surface area contributed by atoms with Crippen molar-refractivity contribution < 1.29 is 28.2 Å². The Bertz CT molecular complexity index is 1400. The number of fused-ring (bicyclic) bond motifs is 1. The van der Waals surface area contributed by atoms with Gasteiger partial charge < -0.3 is 30.5 Å². The van der Waals surface area contributed by atoms with Gasteiger partial charge in [-0.2, -0.15) is 5.10 Å². The predicted molar refractivity (Wildman–Crippen MR) is 152 cm³/mol.